The van der Waals surface area contributed by atoms with Crippen molar-refractivity contribution in [3.05, 3.63) is 156 Å². The molecule has 0 radical (unpaired) electrons. The van der Waals surface area contributed by atoms with Crippen molar-refractivity contribution in [1.82, 2.24) is 15.0 Å². The van der Waals surface area contributed by atoms with Crippen LogP contribution in [0.15, 0.2) is 138 Å². The second-order valence-corrected chi connectivity index (χ2v) is 11.7. The summed E-state index contributed by atoms with van der Waals surface area (Å²) in [5.74, 6) is 2.89. The van der Waals surface area contributed by atoms with Crippen molar-refractivity contribution in [1.29, 1.82) is 0 Å². The lowest BCUT2D eigenvalue weighted by atomic mass is 9.81. The van der Waals surface area contributed by atoms with E-state index in [-0.39, 0.29) is 12.0 Å². The predicted octanol–water partition coefficient (Wildman–Crippen LogP) is 9.61. The van der Waals surface area contributed by atoms with Crippen molar-refractivity contribution in [2.45, 2.75) is 18.9 Å². The summed E-state index contributed by atoms with van der Waals surface area (Å²) < 4.78 is 6.65. The van der Waals surface area contributed by atoms with E-state index in [0.717, 1.165) is 39.0 Å². The molecule has 5 aromatic carbocycles. The molecule has 2 aromatic heterocycles. The number of fused-ring (bicyclic) bond motifs is 7. The summed E-state index contributed by atoms with van der Waals surface area (Å²) in [4.78, 5) is 17.6. The third-order valence-corrected chi connectivity index (χ3v) is 8.90. The van der Waals surface area contributed by atoms with E-state index >= 15 is 0 Å². The Morgan fingerprint density at radius 1 is 0.644 bits per heavy atom. The Morgan fingerprint density at radius 2 is 1.24 bits per heavy atom. The summed E-state index contributed by atoms with van der Waals surface area (Å²) in [6.07, 6.45) is 4.44. The van der Waals surface area contributed by atoms with Gasteiger partial charge < -0.3 is 9.32 Å². The van der Waals surface area contributed by atoms with Gasteiger partial charge in [-0.2, -0.15) is 0 Å². The molecule has 0 saturated carbocycles. The first-order valence-electron chi connectivity index (χ1n) is 15.3. The van der Waals surface area contributed by atoms with Crippen LogP contribution in [0.3, 0.4) is 0 Å². The fourth-order valence-electron chi connectivity index (χ4n) is 7.02. The number of para-hydroxylation sites is 2. The number of anilines is 2. The molecule has 2 atom stereocenters. The highest BCUT2D eigenvalue weighted by Crippen LogP contribution is 2.54. The van der Waals surface area contributed by atoms with E-state index in [1.165, 1.54) is 22.5 Å². The minimum atomic E-state index is 0.0770. The molecule has 0 bridgehead atoms. The minimum Gasteiger partial charge on any atom is -0.456 e. The highest BCUT2D eigenvalue weighted by atomic mass is 16.3. The molecule has 0 spiro atoms. The average molecular weight is 581 g/mol. The van der Waals surface area contributed by atoms with Crippen molar-refractivity contribution in [2.75, 3.05) is 4.90 Å². The second-order valence-electron chi connectivity index (χ2n) is 11.7. The molecule has 5 nitrogen and oxygen atoms in total. The van der Waals surface area contributed by atoms with E-state index in [2.05, 4.69) is 90.7 Å². The molecule has 0 saturated heterocycles. The van der Waals surface area contributed by atoms with Crippen LogP contribution in [-0.4, -0.2) is 21.0 Å². The van der Waals surface area contributed by atoms with E-state index in [9.17, 15) is 0 Å². The first-order valence-corrected chi connectivity index (χ1v) is 15.3. The van der Waals surface area contributed by atoms with Gasteiger partial charge in [-0.1, -0.05) is 103 Å². The van der Waals surface area contributed by atoms with Crippen LogP contribution in [0, 0.1) is 6.92 Å². The van der Waals surface area contributed by atoms with Gasteiger partial charge in [0, 0.05) is 44.9 Å². The number of hydrogen-bond donors (Lipinski definition) is 0. The molecule has 0 N–H and O–H groups in total. The van der Waals surface area contributed by atoms with Gasteiger partial charge in [-0.05, 0) is 54.5 Å². The molecule has 1 aliphatic carbocycles. The second kappa shape index (κ2) is 10.1. The smallest absolute Gasteiger partial charge is 0.164 e. The van der Waals surface area contributed by atoms with Gasteiger partial charge in [0.15, 0.2) is 17.5 Å². The average Bonchev–Trinajstić information content (AvgIpc) is 3.64. The van der Waals surface area contributed by atoms with Crippen LogP contribution in [0.25, 0.3) is 51.2 Å². The van der Waals surface area contributed by atoms with Gasteiger partial charge in [0.05, 0.1) is 6.04 Å². The van der Waals surface area contributed by atoms with Crippen molar-refractivity contribution < 1.29 is 4.42 Å². The highest BCUT2D eigenvalue weighted by Gasteiger charge is 2.43. The predicted molar refractivity (Wildman–Crippen MR) is 180 cm³/mol. The number of furan rings is 1. The number of rotatable bonds is 4. The SMILES string of the molecule is Cc1cc(-c2nc(-c3ccccc3)nc(-c3ccccc3)n2)c2c3c(oc2c1)C=CC1C3c2ccccc2N1c1ccccc1. The number of aryl methyl sites for hydroxylation is 1. The van der Waals surface area contributed by atoms with Crippen molar-refractivity contribution in [3.8, 4) is 34.2 Å². The zero-order valence-electron chi connectivity index (χ0n) is 24.6. The largest absolute Gasteiger partial charge is 0.456 e. The molecule has 1 aliphatic heterocycles. The third-order valence-electron chi connectivity index (χ3n) is 8.90. The summed E-state index contributed by atoms with van der Waals surface area (Å²) in [5.41, 5.74) is 9.65. The van der Waals surface area contributed by atoms with Gasteiger partial charge in [0.1, 0.15) is 11.3 Å². The summed E-state index contributed by atoms with van der Waals surface area (Å²) in [5, 5.41) is 1.06. The lowest BCUT2D eigenvalue weighted by Crippen LogP contribution is -2.30. The fraction of sp³-hybridized carbons (Fsp3) is 0.0750. The zero-order valence-corrected chi connectivity index (χ0v) is 24.6. The third kappa shape index (κ3) is 4.12. The van der Waals surface area contributed by atoms with Gasteiger partial charge in [-0.25, -0.2) is 15.0 Å². The Morgan fingerprint density at radius 3 is 1.93 bits per heavy atom. The maximum absolute atomic E-state index is 6.65. The molecular weight excluding hydrogens is 552 g/mol. The molecule has 45 heavy (non-hydrogen) atoms. The van der Waals surface area contributed by atoms with Crippen molar-refractivity contribution in [2.24, 2.45) is 0 Å². The van der Waals surface area contributed by atoms with Gasteiger partial charge >= 0.3 is 0 Å². The molecule has 7 aromatic rings. The molecule has 9 rings (SSSR count). The van der Waals surface area contributed by atoms with Crippen LogP contribution in [0.1, 0.15) is 28.4 Å². The normalized spacial score (nSPS) is 16.4. The van der Waals surface area contributed by atoms with Gasteiger partial charge in [0.2, 0.25) is 0 Å². The Hall–Kier alpha value is -5.81. The van der Waals surface area contributed by atoms with E-state index in [0.29, 0.717) is 17.5 Å². The van der Waals surface area contributed by atoms with Crippen LogP contribution >= 0.6 is 0 Å². The molecule has 2 unspecified atom stereocenters. The molecule has 5 heteroatoms. The van der Waals surface area contributed by atoms with Gasteiger partial charge in [-0.15, -0.1) is 0 Å². The Bertz CT molecular complexity index is 2180. The maximum Gasteiger partial charge on any atom is 0.164 e. The minimum absolute atomic E-state index is 0.0770. The molecule has 2 aliphatic rings. The number of benzene rings is 5. The van der Waals surface area contributed by atoms with Gasteiger partial charge in [0.25, 0.3) is 0 Å². The van der Waals surface area contributed by atoms with Crippen LogP contribution in [0.2, 0.25) is 0 Å². The zero-order chi connectivity index (χ0) is 29.9. The fourth-order valence-corrected chi connectivity index (χ4v) is 7.02. The molecular formula is C40H28N4O. The Balaban J connectivity index is 1.30. The molecule has 214 valence electrons. The quantitative estimate of drug-likeness (QED) is 0.207. The number of nitrogens with zero attached hydrogens (tertiary/aromatic N) is 4. The maximum atomic E-state index is 6.65. The van der Waals surface area contributed by atoms with Crippen LogP contribution in [0.5, 0.6) is 0 Å². The first kappa shape index (κ1) is 25.7. The van der Waals surface area contributed by atoms with Crippen LogP contribution in [-0.2, 0) is 0 Å². The molecule has 0 amide bonds. The Kier molecular flexibility index (Phi) is 5.78. The van der Waals surface area contributed by atoms with Gasteiger partial charge in [-0.3, -0.25) is 0 Å². The lowest BCUT2D eigenvalue weighted by molar-refractivity contribution is 0.584. The van der Waals surface area contributed by atoms with Crippen molar-refractivity contribution in [3.63, 3.8) is 0 Å². The summed E-state index contributed by atoms with van der Waals surface area (Å²) in [7, 11) is 0. The van der Waals surface area contributed by atoms with E-state index in [1.807, 2.05) is 60.7 Å². The lowest BCUT2D eigenvalue weighted by Gasteiger charge is -2.30. The van der Waals surface area contributed by atoms with Crippen LogP contribution in [0.4, 0.5) is 11.4 Å². The monoisotopic (exact) mass is 580 g/mol. The standard InChI is InChI=1S/C40H28N4O/c1-25-23-30(40-42-38(26-13-5-2-6-14-26)41-39(43-40)27-15-7-3-8-16-27)36-34(24-25)45-33-22-21-32-35(37(33)36)29-19-11-12-20-31(29)44(32)28-17-9-4-10-18-28/h2-24,32,35H,1H3. The molecule has 3 heterocycles. The first-order chi connectivity index (χ1) is 22.2. The van der Waals surface area contributed by atoms with E-state index in [1.54, 1.807) is 0 Å². The van der Waals surface area contributed by atoms with E-state index < -0.39 is 0 Å². The summed E-state index contributed by atoms with van der Waals surface area (Å²) >= 11 is 0. The van der Waals surface area contributed by atoms with Crippen LogP contribution < -0.4 is 4.90 Å². The van der Waals surface area contributed by atoms with E-state index in [4.69, 9.17) is 19.4 Å². The highest BCUT2D eigenvalue weighted by molar-refractivity contribution is 6.00. The van der Waals surface area contributed by atoms with Crippen molar-refractivity contribution >= 4 is 28.4 Å². The summed E-state index contributed by atoms with van der Waals surface area (Å²) in [6, 6.07) is 44.1. The Labute approximate surface area is 261 Å². The number of aromatic nitrogens is 3. The number of hydrogen-bond acceptors (Lipinski definition) is 5. The topological polar surface area (TPSA) is 55.1 Å². The summed E-state index contributed by atoms with van der Waals surface area (Å²) in [6.45, 7) is 2.10. The molecule has 0 fully saturated rings.